The second kappa shape index (κ2) is 6.39. The van der Waals surface area contributed by atoms with Crippen LogP contribution in [0.15, 0.2) is 29.4 Å². The van der Waals surface area contributed by atoms with Crippen LogP contribution in [0, 0.1) is 0 Å². The molecule has 0 spiro atoms. The maximum Gasteiger partial charge on any atom is 0.326 e. The highest BCUT2D eigenvalue weighted by atomic mass is 32.2. The van der Waals surface area contributed by atoms with Crippen molar-refractivity contribution in [2.45, 2.75) is 41.9 Å². The first-order valence-electron chi connectivity index (χ1n) is 6.60. The number of aromatic nitrogens is 1. The van der Waals surface area contributed by atoms with Gasteiger partial charge < -0.3 is 10.1 Å². The van der Waals surface area contributed by atoms with Crippen LogP contribution >= 0.6 is 11.8 Å². The number of ether oxygens (including phenoxy) is 1. The molecule has 1 heterocycles. The van der Waals surface area contributed by atoms with Gasteiger partial charge in [-0.1, -0.05) is 6.92 Å². The van der Waals surface area contributed by atoms with Gasteiger partial charge in [0, 0.05) is 22.5 Å². The molecule has 1 fully saturated rings. The van der Waals surface area contributed by atoms with Crippen molar-refractivity contribution in [3.63, 3.8) is 0 Å². The molecule has 1 saturated carbocycles. The van der Waals surface area contributed by atoms with E-state index >= 15 is 0 Å². The standard InChI is InChI=1S/C14H20N2O2S/c1-3-16-14(13(17)18-2)7-4-12(10-14)19-11-5-8-15-9-6-11/h5-6,8-9,12,16H,3-4,7,10H2,1-2H3. The van der Waals surface area contributed by atoms with Gasteiger partial charge in [-0.05, 0) is 37.9 Å². The summed E-state index contributed by atoms with van der Waals surface area (Å²) in [5.41, 5.74) is -0.492. The van der Waals surface area contributed by atoms with Crippen molar-refractivity contribution in [3.8, 4) is 0 Å². The van der Waals surface area contributed by atoms with Gasteiger partial charge in [-0.25, -0.2) is 0 Å². The highest BCUT2D eigenvalue weighted by Crippen LogP contribution is 2.40. The number of carbonyl (C=O) groups is 1. The first-order chi connectivity index (χ1) is 9.20. The van der Waals surface area contributed by atoms with Crippen molar-refractivity contribution in [2.75, 3.05) is 13.7 Å². The molecule has 0 aliphatic heterocycles. The summed E-state index contributed by atoms with van der Waals surface area (Å²) in [5, 5.41) is 3.77. The molecule has 5 heteroatoms. The minimum absolute atomic E-state index is 0.132. The molecule has 2 unspecified atom stereocenters. The van der Waals surface area contributed by atoms with Crippen molar-refractivity contribution in [1.82, 2.24) is 10.3 Å². The Bertz CT molecular complexity index is 427. The number of pyridine rings is 1. The Kier molecular flexibility index (Phi) is 4.82. The Balaban J connectivity index is 2.02. The van der Waals surface area contributed by atoms with E-state index in [0.717, 1.165) is 25.8 Å². The number of hydrogen-bond donors (Lipinski definition) is 1. The highest BCUT2D eigenvalue weighted by Gasteiger charge is 2.45. The van der Waals surface area contributed by atoms with E-state index in [4.69, 9.17) is 4.74 Å². The van der Waals surface area contributed by atoms with Gasteiger partial charge in [0.1, 0.15) is 5.54 Å². The van der Waals surface area contributed by atoms with Crippen LogP contribution in [-0.2, 0) is 9.53 Å². The number of methoxy groups -OCH3 is 1. The average Bonchev–Trinajstić information content (AvgIpc) is 2.84. The summed E-state index contributed by atoms with van der Waals surface area (Å²) >= 11 is 1.82. The van der Waals surface area contributed by atoms with Crippen LogP contribution in [0.5, 0.6) is 0 Å². The minimum Gasteiger partial charge on any atom is -0.468 e. The number of nitrogens with one attached hydrogen (secondary N) is 1. The van der Waals surface area contributed by atoms with Crippen molar-refractivity contribution in [3.05, 3.63) is 24.5 Å². The predicted molar refractivity (Wildman–Crippen MR) is 76.2 cm³/mol. The van der Waals surface area contributed by atoms with Crippen molar-refractivity contribution < 1.29 is 9.53 Å². The van der Waals surface area contributed by atoms with Gasteiger partial charge in [0.05, 0.1) is 7.11 Å². The van der Waals surface area contributed by atoms with Crippen molar-refractivity contribution >= 4 is 17.7 Å². The van der Waals surface area contributed by atoms with Gasteiger partial charge >= 0.3 is 5.97 Å². The lowest BCUT2D eigenvalue weighted by Crippen LogP contribution is -2.50. The summed E-state index contributed by atoms with van der Waals surface area (Å²) in [5.74, 6) is -0.132. The summed E-state index contributed by atoms with van der Waals surface area (Å²) in [6.07, 6.45) is 6.29. The summed E-state index contributed by atoms with van der Waals surface area (Å²) < 4.78 is 4.97. The molecule has 1 aliphatic carbocycles. The molecule has 4 nitrogen and oxygen atoms in total. The predicted octanol–water partition coefficient (Wildman–Crippen LogP) is 2.25. The van der Waals surface area contributed by atoms with E-state index in [-0.39, 0.29) is 5.97 Å². The van der Waals surface area contributed by atoms with Gasteiger partial charge in [-0.2, -0.15) is 0 Å². The van der Waals surface area contributed by atoms with E-state index in [2.05, 4.69) is 10.3 Å². The van der Waals surface area contributed by atoms with E-state index in [0.29, 0.717) is 5.25 Å². The monoisotopic (exact) mass is 280 g/mol. The largest absolute Gasteiger partial charge is 0.468 e. The Hall–Kier alpha value is -1.07. The number of rotatable bonds is 5. The molecule has 104 valence electrons. The topological polar surface area (TPSA) is 51.2 Å². The maximum atomic E-state index is 12.0. The molecule has 1 N–H and O–H groups in total. The first kappa shape index (κ1) is 14.3. The fourth-order valence-corrected chi connectivity index (χ4v) is 3.93. The molecule has 0 amide bonds. The second-order valence-corrected chi connectivity index (χ2v) is 6.14. The van der Waals surface area contributed by atoms with Crippen LogP contribution in [-0.4, -0.2) is 35.4 Å². The van der Waals surface area contributed by atoms with Gasteiger partial charge in [-0.15, -0.1) is 11.8 Å². The zero-order valence-corrected chi connectivity index (χ0v) is 12.2. The van der Waals surface area contributed by atoms with Crippen LogP contribution < -0.4 is 5.32 Å². The lowest BCUT2D eigenvalue weighted by molar-refractivity contribution is -0.148. The van der Waals surface area contributed by atoms with Crippen LogP contribution in [0.1, 0.15) is 26.2 Å². The van der Waals surface area contributed by atoms with E-state index in [1.165, 1.54) is 12.0 Å². The third-order valence-electron chi connectivity index (χ3n) is 3.51. The molecule has 1 aromatic rings. The fraction of sp³-hybridized carbons (Fsp3) is 0.571. The van der Waals surface area contributed by atoms with Gasteiger partial charge in [0.15, 0.2) is 0 Å². The Morgan fingerprint density at radius 3 is 2.95 bits per heavy atom. The zero-order valence-electron chi connectivity index (χ0n) is 11.4. The third-order valence-corrected chi connectivity index (χ3v) is 4.79. The molecule has 1 aromatic heterocycles. The molecule has 2 atom stereocenters. The fourth-order valence-electron chi connectivity index (χ4n) is 2.66. The summed E-state index contributed by atoms with van der Waals surface area (Å²) in [4.78, 5) is 17.2. The normalized spacial score (nSPS) is 26.3. The molecule has 0 bridgehead atoms. The number of thioether (sulfide) groups is 1. The van der Waals surface area contributed by atoms with Crippen LogP contribution in [0.25, 0.3) is 0 Å². The quantitative estimate of drug-likeness (QED) is 0.838. The zero-order chi connectivity index (χ0) is 13.7. The molecule has 0 aromatic carbocycles. The maximum absolute atomic E-state index is 12.0. The smallest absolute Gasteiger partial charge is 0.326 e. The lowest BCUT2D eigenvalue weighted by Gasteiger charge is -2.27. The van der Waals surface area contributed by atoms with E-state index in [1.807, 2.05) is 30.8 Å². The number of hydrogen-bond acceptors (Lipinski definition) is 5. The molecule has 1 aliphatic rings. The number of carbonyl (C=O) groups excluding carboxylic acids is 1. The van der Waals surface area contributed by atoms with Crippen molar-refractivity contribution in [2.24, 2.45) is 0 Å². The number of likely N-dealkylation sites (N-methyl/N-ethyl adjacent to an activating group) is 1. The number of esters is 1. The van der Waals surface area contributed by atoms with E-state index < -0.39 is 5.54 Å². The second-order valence-electron chi connectivity index (χ2n) is 4.77. The Morgan fingerprint density at radius 1 is 1.58 bits per heavy atom. The average molecular weight is 280 g/mol. The van der Waals surface area contributed by atoms with Crippen LogP contribution in [0.4, 0.5) is 0 Å². The summed E-state index contributed by atoms with van der Waals surface area (Å²) in [6, 6.07) is 4.02. The van der Waals surface area contributed by atoms with Crippen molar-refractivity contribution in [1.29, 1.82) is 0 Å². The van der Waals surface area contributed by atoms with Gasteiger partial charge in [0.2, 0.25) is 0 Å². The molecule has 2 rings (SSSR count). The SMILES string of the molecule is CCNC1(C(=O)OC)CCC(Sc2ccncc2)C1. The summed E-state index contributed by atoms with van der Waals surface area (Å²) in [6.45, 7) is 2.80. The van der Waals surface area contributed by atoms with Gasteiger partial charge in [0.25, 0.3) is 0 Å². The van der Waals surface area contributed by atoms with Crippen LogP contribution in [0.3, 0.4) is 0 Å². The Labute approximate surface area is 118 Å². The van der Waals surface area contributed by atoms with Crippen LogP contribution in [0.2, 0.25) is 0 Å². The molecular formula is C14H20N2O2S. The first-order valence-corrected chi connectivity index (χ1v) is 7.48. The molecule has 19 heavy (non-hydrogen) atoms. The third kappa shape index (κ3) is 3.28. The number of nitrogens with zero attached hydrogens (tertiary/aromatic N) is 1. The molecular weight excluding hydrogens is 260 g/mol. The highest BCUT2D eigenvalue weighted by molar-refractivity contribution is 8.00. The van der Waals surface area contributed by atoms with Gasteiger partial charge in [-0.3, -0.25) is 9.78 Å². The minimum atomic E-state index is -0.492. The van der Waals surface area contributed by atoms with E-state index in [9.17, 15) is 4.79 Å². The lowest BCUT2D eigenvalue weighted by atomic mass is 9.98. The van der Waals surface area contributed by atoms with E-state index in [1.54, 1.807) is 12.4 Å². The summed E-state index contributed by atoms with van der Waals surface area (Å²) in [7, 11) is 1.46. The molecule has 0 saturated heterocycles. The Morgan fingerprint density at radius 2 is 2.32 bits per heavy atom. The molecule has 0 radical (unpaired) electrons.